The number of non-ortho nitro benzene ring substituents is 1. The summed E-state index contributed by atoms with van der Waals surface area (Å²) >= 11 is 1.37. The molecule has 1 N–H and O–H groups in total. The van der Waals surface area contributed by atoms with Gasteiger partial charge in [-0.3, -0.25) is 24.7 Å². The van der Waals surface area contributed by atoms with Gasteiger partial charge in [0, 0.05) is 23.7 Å². The molecule has 1 aromatic heterocycles. The van der Waals surface area contributed by atoms with Gasteiger partial charge in [0.2, 0.25) is 11.1 Å². The molecular formula is C21H20N5O4S+. The number of thioether (sulfide) groups is 1. The molecule has 10 heteroatoms. The number of carbonyl (C=O) groups excluding carboxylic acids is 1. The van der Waals surface area contributed by atoms with Crippen molar-refractivity contribution in [3.05, 3.63) is 74.6 Å². The molecule has 3 aromatic rings. The van der Waals surface area contributed by atoms with Crippen LogP contribution in [0.25, 0.3) is 11.3 Å². The molecule has 0 aliphatic carbocycles. The summed E-state index contributed by atoms with van der Waals surface area (Å²) in [6, 6.07) is 13.2. The lowest BCUT2D eigenvalue weighted by Crippen LogP contribution is -2.60. The highest BCUT2D eigenvalue weighted by Gasteiger charge is 2.45. The molecule has 1 amide bonds. The number of aromatic nitrogens is 3. The third-order valence-corrected chi connectivity index (χ3v) is 5.74. The number of amides is 1. The Morgan fingerprint density at radius 2 is 2.03 bits per heavy atom. The smallest absolute Gasteiger partial charge is 0.291 e. The lowest BCUT2D eigenvalue weighted by molar-refractivity contribution is -0.763. The number of nitrogens with zero attached hydrogens (tertiary/aromatic N) is 4. The number of para-hydroxylation sites is 1. The first-order valence-electron chi connectivity index (χ1n) is 9.81. The van der Waals surface area contributed by atoms with Gasteiger partial charge in [-0.05, 0) is 28.6 Å². The number of nitro benzene ring substituents is 1. The van der Waals surface area contributed by atoms with Gasteiger partial charge in [0.05, 0.1) is 21.7 Å². The Bertz CT molecular complexity index is 1240. The lowest BCUT2D eigenvalue weighted by Gasteiger charge is -2.31. The van der Waals surface area contributed by atoms with Gasteiger partial charge in [0.15, 0.2) is 0 Å². The van der Waals surface area contributed by atoms with E-state index >= 15 is 0 Å². The molecule has 0 fully saturated rings. The number of aromatic amines is 1. The molecule has 1 unspecified atom stereocenters. The Hall–Kier alpha value is -3.53. The highest BCUT2D eigenvalue weighted by molar-refractivity contribution is 7.99. The predicted octanol–water partition coefficient (Wildman–Crippen LogP) is 3.05. The number of fused-ring (bicyclic) bond motifs is 3. The largest absolute Gasteiger partial charge is 0.325 e. The molecule has 158 valence electrons. The summed E-state index contributed by atoms with van der Waals surface area (Å²) in [5, 5.41) is 16.4. The minimum atomic E-state index is -0.837. The summed E-state index contributed by atoms with van der Waals surface area (Å²) in [6.07, 6.45) is -0.620. The fourth-order valence-electron chi connectivity index (χ4n) is 3.71. The van der Waals surface area contributed by atoms with Gasteiger partial charge in [0.25, 0.3) is 11.9 Å². The molecule has 1 aliphatic heterocycles. The Morgan fingerprint density at radius 3 is 2.74 bits per heavy atom. The summed E-state index contributed by atoms with van der Waals surface area (Å²) in [7, 11) is 0. The first-order valence-corrected chi connectivity index (χ1v) is 10.8. The molecular weight excluding hydrogens is 418 g/mol. The predicted molar refractivity (Wildman–Crippen MR) is 116 cm³/mol. The van der Waals surface area contributed by atoms with E-state index in [2.05, 4.69) is 10.1 Å². The van der Waals surface area contributed by atoms with Crippen molar-refractivity contribution in [1.82, 2.24) is 10.1 Å². The minimum Gasteiger partial charge on any atom is -0.291 e. The number of carbonyl (C=O) groups is 1. The van der Waals surface area contributed by atoms with Crippen LogP contribution in [-0.2, 0) is 4.79 Å². The quantitative estimate of drug-likeness (QED) is 0.284. The van der Waals surface area contributed by atoms with Crippen LogP contribution in [0.3, 0.4) is 0 Å². The maximum atomic E-state index is 13.1. The summed E-state index contributed by atoms with van der Waals surface area (Å²) in [5.74, 6) is 0.506. The van der Waals surface area contributed by atoms with E-state index in [-0.39, 0.29) is 23.6 Å². The van der Waals surface area contributed by atoms with Crippen molar-refractivity contribution in [3.63, 3.8) is 0 Å². The van der Waals surface area contributed by atoms with Crippen LogP contribution in [0.15, 0.2) is 58.5 Å². The minimum absolute atomic E-state index is 0.101. The molecule has 0 spiro atoms. The zero-order valence-corrected chi connectivity index (χ0v) is 17.8. The zero-order chi connectivity index (χ0) is 22.1. The van der Waals surface area contributed by atoms with Crippen LogP contribution in [0, 0.1) is 10.1 Å². The normalized spacial score (nSPS) is 14.6. The molecule has 1 atom stereocenters. The van der Waals surface area contributed by atoms with Crippen LogP contribution in [0.4, 0.5) is 11.4 Å². The topological polar surface area (TPSA) is 113 Å². The fourth-order valence-corrected chi connectivity index (χ4v) is 4.30. The number of benzene rings is 2. The Balaban J connectivity index is 2.06. The number of nitro groups is 1. The second kappa shape index (κ2) is 8.31. The Kier molecular flexibility index (Phi) is 5.55. The van der Waals surface area contributed by atoms with Gasteiger partial charge in [-0.15, -0.1) is 0 Å². The first-order chi connectivity index (χ1) is 15.0. The monoisotopic (exact) mass is 438 g/mol. The number of nitrogens with one attached hydrogen (secondary N) is 1. The number of rotatable bonds is 5. The van der Waals surface area contributed by atoms with Crippen LogP contribution < -0.4 is 15.1 Å². The first kappa shape index (κ1) is 20.7. The summed E-state index contributed by atoms with van der Waals surface area (Å²) in [5.41, 5.74) is 1.49. The van der Waals surface area contributed by atoms with E-state index in [9.17, 15) is 19.7 Å². The zero-order valence-electron chi connectivity index (χ0n) is 16.9. The van der Waals surface area contributed by atoms with Crippen molar-refractivity contribution < 1.29 is 14.4 Å². The van der Waals surface area contributed by atoms with E-state index < -0.39 is 11.1 Å². The highest BCUT2D eigenvalue weighted by Crippen LogP contribution is 2.38. The molecule has 0 radical (unpaired) electrons. The molecule has 2 aromatic carbocycles. The molecule has 0 saturated heterocycles. The van der Waals surface area contributed by atoms with Crippen molar-refractivity contribution in [2.75, 3.05) is 10.7 Å². The van der Waals surface area contributed by atoms with E-state index in [1.54, 1.807) is 48.2 Å². The SMILES string of the molecule is CCSc1n[n+]2c(c(=O)[nH]1)-c1ccccc1N(C(=O)CC)C2c1cccc([N+](=O)[O-])c1. The number of hydrogen-bond acceptors (Lipinski definition) is 6. The van der Waals surface area contributed by atoms with Crippen LogP contribution >= 0.6 is 11.8 Å². The maximum absolute atomic E-state index is 13.1. The Labute approximate surface area is 181 Å². The van der Waals surface area contributed by atoms with Gasteiger partial charge in [-0.1, -0.05) is 43.8 Å². The number of H-pyrrole nitrogens is 1. The third-order valence-electron chi connectivity index (χ3n) is 4.99. The molecule has 31 heavy (non-hydrogen) atoms. The molecule has 0 bridgehead atoms. The summed E-state index contributed by atoms with van der Waals surface area (Å²) in [4.78, 5) is 41.4. The standard InChI is InChI=1S/C21H19N5O4S/c1-3-17(27)24-16-11-6-5-10-15(16)18-19(28)22-21(31-4-2)23-25(18)20(24)13-8-7-9-14(12-13)26(29)30/h5-12,20H,3-4H2,1-2H3/p+1. The van der Waals surface area contributed by atoms with Gasteiger partial charge in [-0.2, -0.15) is 0 Å². The average molecular weight is 438 g/mol. The lowest BCUT2D eigenvalue weighted by atomic mass is 10.0. The van der Waals surface area contributed by atoms with Crippen LogP contribution in [0.2, 0.25) is 0 Å². The highest BCUT2D eigenvalue weighted by atomic mass is 32.2. The second-order valence-corrected chi connectivity index (χ2v) is 8.10. The van der Waals surface area contributed by atoms with Crippen molar-refractivity contribution in [3.8, 4) is 11.3 Å². The average Bonchev–Trinajstić information content (AvgIpc) is 2.77. The number of anilines is 1. The molecule has 9 nitrogen and oxygen atoms in total. The van der Waals surface area contributed by atoms with Crippen LogP contribution in [0.1, 0.15) is 32.0 Å². The second-order valence-electron chi connectivity index (χ2n) is 6.85. The van der Waals surface area contributed by atoms with E-state index in [0.717, 1.165) is 0 Å². The van der Waals surface area contributed by atoms with E-state index in [1.165, 1.54) is 28.6 Å². The van der Waals surface area contributed by atoms with Crippen LogP contribution in [0.5, 0.6) is 0 Å². The van der Waals surface area contributed by atoms with Crippen molar-refractivity contribution in [2.45, 2.75) is 31.6 Å². The van der Waals surface area contributed by atoms with Gasteiger partial charge in [-0.25, -0.2) is 4.90 Å². The van der Waals surface area contributed by atoms with E-state index in [1.807, 2.05) is 6.92 Å². The molecule has 0 saturated carbocycles. The molecule has 2 heterocycles. The van der Waals surface area contributed by atoms with E-state index in [4.69, 9.17) is 0 Å². The van der Waals surface area contributed by atoms with Crippen molar-refractivity contribution in [2.24, 2.45) is 0 Å². The van der Waals surface area contributed by atoms with E-state index in [0.29, 0.717) is 33.4 Å². The Morgan fingerprint density at radius 1 is 1.26 bits per heavy atom. The van der Waals surface area contributed by atoms with Crippen molar-refractivity contribution >= 4 is 29.0 Å². The van der Waals surface area contributed by atoms with Crippen LogP contribution in [-0.4, -0.2) is 26.7 Å². The van der Waals surface area contributed by atoms with Gasteiger partial charge >= 0.3 is 11.3 Å². The summed E-state index contributed by atoms with van der Waals surface area (Å²) in [6.45, 7) is 3.69. The number of hydrogen-bond donors (Lipinski definition) is 1. The molecule has 1 aliphatic rings. The fraction of sp³-hybridized carbons (Fsp3) is 0.238. The maximum Gasteiger partial charge on any atom is 0.325 e. The van der Waals surface area contributed by atoms with Crippen molar-refractivity contribution in [1.29, 1.82) is 0 Å². The summed E-state index contributed by atoms with van der Waals surface area (Å²) < 4.78 is 1.51. The van der Waals surface area contributed by atoms with Gasteiger partial charge < -0.3 is 0 Å². The van der Waals surface area contributed by atoms with Gasteiger partial charge in [0.1, 0.15) is 0 Å². The third kappa shape index (κ3) is 3.59. The molecule has 4 rings (SSSR count).